The van der Waals surface area contributed by atoms with E-state index in [1.807, 2.05) is 92.4 Å². The Morgan fingerprint density at radius 1 is 0.314 bits per heavy atom. The molecule has 0 aliphatic carbocycles. The maximum atomic E-state index is 17.0. The van der Waals surface area contributed by atoms with Gasteiger partial charge in [0.2, 0.25) is 0 Å². The molecule has 6 aliphatic rings. The summed E-state index contributed by atoms with van der Waals surface area (Å²) in [5, 5.41) is 3.57. The molecule has 16 heteroatoms. The van der Waals surface area contributed by atoms with Gasteiger partial charge in [0.15, 0.2) is 11.3 Å². The summed E-state index contributed by atoms with van der Waals surface area (Å²) >= 11 is 0. The van der Waals surface area contributed by atoms with E-state index in [0.29, 0.717) is 102 Å². The van der Waals surface area contributed by atoms with Gasteiger partial charge < -0.3 is 37.9 Å². The van der Waals surface area contributed by atoms with Crippen LogP contribution in [0.3, 0.4) is 0 Å². The highest BCUT2D eigenvalue weighted by molar-refractivity contribution is 5.98. The number of carbonyl (C=O) groups is 2. The zero-order valence-corrected chi connectivity index (χ0v) is 48.5. The van der Waals surface area contributed by atoms with Crippen molar-refractivity contribution in [2.45, 2.75) is 50.6 Å². The van der Waals surface area contributed by atoms with Crippen LogP contribution in [0.5, 0.6) is 23.0 Å². The number of ether oxygens (including phenoxy) is 8. The van der Waals surface area contributed by atoms with E-state index >= 15 is 9.59 Å². The Hall–Kier alpha value is -8.22. The maximum absolute atomic E-state index is 17.0. The van der Waals surface area contributed by atoms with Gasteiger partial charge >= 0.3 is 12.1 Å². The molecular formula is C70H72N6O10. The highest BCUT2D eigenvalue weighted by Crippen LogP contribution is 2.66. The molecule has 8 aromatic rings. The van der Waals surface area contributed by atoms with Crippen LogP contribution in [0.4, 0.5) is 9.59 Å². The third-order valence-corrected chi connectivity index (χ3v) is 17.9. The summed E-state index contributed by atoms with van der Waals surface area (Å²) in [6, 6.07) is 57.0. The van der Waals surface area contributed by atoms with E-state index in [-0.39, 0.29) is 64.7 Å². The van der Waals surface area contributed by atoms with Crippen LogP contribution in [-0.2, 0) is 69.5 Å². The topological polar surface area (TPSA) is 127 Å². The van der Waals surface area contributed by atoms with E-state index in [4.69, 9.17) is 37.9 Å². The lowest BCUT2D eigenvalue weighted by atomic mass is 9.77. The minimum atomic E-state index is -1.54. The lowest BCUT2D eigenvalue weighted by Gasteiger charge is -2.51. The molecule has 8 bridgehead atoms. The van der Waals surface area contributed by atoms with Gasteiger partial charge in [0.05, 0.1) is 79.0 Å². The van der Waals surface area contributed by atoms with Crippen LogP contribution in [0.2, 0.25) is 0 Å². The van der Waals surface area contributed by atoms with Crippen molar-refractivity contribution < 1.29 is 47.5 Å². The molecule has 16 nitrogen and oxygen atoms in total. The van der Waals surface area contributed by atoms with E-state index in [9.17, 15) is 0 Å². The first-order valence-corrected chi connectivity index (χ1v) is 30.3. The van der Waals surface area contributed by atoms with Crippen LogP contribution in [0.15, 0.2) is 170 Å². The Bertz CT molecular complexity index is 3330. The second-order valence-corrected chi connectivity index (χ2v) is 22.7. The van der Waals surface area contributed by atoms with Crippen molar-refractivity contribution in [3.05, 3.63) is 214 Å². The van der Waals surface area contributed by atoms with Gasteiger partial charge in [-0.3, -0.25) is 29.4 Å². The second kappa shape index (κ2) is 24.6. The number of rotatable bonds is 6. The minimum absolute atomic E-state index is 0.0592. The molecule has 0 spiro atoms. The molecule has 4 amide bonds. The molecule has 0 saturated carbocycles. The molecule has 0 aromatic heterocycles. The van der Waals surface area contributed by atoms with Crippen LogP contribution in [-0.4, -0.2) is 147 Å². The van der Waals surface area contributed by atoms with Crippen LogP contribution in [0, 0.1) is 0 Å². The summed E-state index contributed by atoms with van der Waals surface area (Å²) in [6.07, 6.45) is 0. The van der Waals surface area contributed by atoms with E-state index in [1.165, 1.54) is 11.1 Å². The average molecular weight is 1160 g/mol. The molecule has 6 heterocycles. The predicted octanol–water partition coefficient (Wildman–Crippen LogP) is 10.5. The predicted molar refractivity (Wildman–Crippen MR) is 326 cm³/mol. The van der Waals surface area contributed by atoms with Gasteiger partial charge in [-0.05, 0) is 56.9 Å². The number of hydrogen-bond acceptors (Lipinski definition) is 12. The Labute approximate surface area is 501 Å². The third kappa shape index (κ3) is 10.1. The average Bonchev–Trinajstić information content (AvgIpc) is 1.47. The first-order valence-electron chi connectivity index (χ1n) is 30.3. The molecule has 0 radical (unpaired) electrons. The fourth-order valence-corrected chi connectivity index (χ4v) is 14.1. The Balaban J connectivity index is 0.963. The van der Waals surface area contributed by atoms with Crippen molar-refractivity contribution >= 4 is 33.6 Å². The monoisotopic (exact) mass is 1160 g/mol. The summed E-state index contributed by atoms with van der Waals surface area (Å²) in [4.78, 5) is 46.4. The first kappa shape index (κ1) is 55.6. The van der Waals surface area contributed by atoms with Crippen molar-refractivity contribution in [2.75, 3.05) is 105 Å². The summed E-state index contributed by atoms with van der Waals surface area (Å²) < 4.78 is 53.2. The van der Waals surface area contributed by atoms with Crippen LogP contribution < -0.4 is 18.9 Å². The number of nitrogens with zero attached hydrogens (tertiary/aromatic N) is 6. The number of urea groups is 2. The Morgan fingerprint density at radius 3 is 0.884 bits per heavy atom. The van der Waals surface area contributed by atoms with E-state index in [1.54, 1.807) is 0 Å². The fourth-order valence-electron chi connectivity index (χ4n) is 14.1. The molecule has 0 atom stereocenters. The van der Waals surface area contributed by atoms with Crippen molar-refractivity contribution in [1.82, 2.24) is 29.4 Å². The van der Waals surface area contributed by atoms with Gasteiger partial charge in [-0.1, -0.05) is 146 Å². The Kier molecular flexibility index (Phi) is 15.9. The second-order valence-electron chi connectivity index (χ2n) is 22.7. The molecule has 0 N–H and O–H groups in total. The van der Waals surface area contributed by atoms with Gasteiger partial charge in [-0.15, -0.1) is 0 Å². The molecular weight excluding hydrogens is 1080 g/mol. The zero-order chi connectivity index (χ0) is 57.9. The van der Waals surface area contributed by atoms with Gasteiger partial charge in [0.1, 0.15) is 49.4 Å². The molecule has 442 valence electrons. The normalized spacial score (nSPS) is 22.0. The summed E-state index contributed by atoms with van der Waals surface area (Å²) in [5.41, 5.74) is 4.11. The van der Waals surface area contributed by atoms with Gasteiger partial charge in [0.25, 0.3) is 0 Å². The SMILES string of the molecule is O=C1N2Cc3c4ccc5ccc6c(c35)CN3C(=O)N5Cc7c(ccc8ccc(c(c78)CN1C5(c1ccccc1)C23c1ccccc1)OCCOCCN(Cc1ccccc1)CCOCCO4)OCCOCCN(Cc1ccccc1)CCOCCO6. The molecule has 86 heavy (non-hydrogen) atoms. The largest absolute Gasteiger partial charge is 0.491 e. The third-order valence-electron chi connectivity index (χ3n) is 17.9. The van der Waals surface area contributed by atoms with Crippen LogP contribution >= 0.6 is 0 Å². The zero-order valence-electron chi connectivity index (χ0n) is 48.5. The summed E-state index contributed by atoms with van der Waals surface area (Å²) in [6.45, 7) is 8.75. The van der Waals surface area contributed by atoms with Crippen molar-refractivity contribution in [1.29, 1.82) is 0 Å². The Morgan fingerprint density at radius 2 is 0.593 bits per heavy atom. The first-order chi connectivity index (χ1) is 42.5. The van der Waals surface area contributed by atoms with Crippen molar-refractivity contribution in [3.8, 4) is 23.0 Å². The molecule has 2 fully saturated rings. The van der Waals surface area contributed by atoms with Gasteiger partial charge in [-0.25, -0.2) is 9.59 Å². The highest BCUT2D eigenvalue weighted by atomic mass is 16.5. The molecule has 14 rings (SSSR count). The fraction of sp³-hybridized carbons (Fsp3) is 0.343. The van der Waals surface area contributed by atoms with Gasteiger partial charge in [-0.2, -0.15) is 0 Å². The minimum Gasteiger partial charge on any atom is -0.491 e. The molecule has 2 saturated heterocycles. The number of hydrogen-bond donors (Lipinski definition) is 0. The standard InChI is InChI=1S/C70H72N6O10/c77-67-73-47-57-61-25-21-53-23-27-63-59(65(53)57)49-75-68(78)76-50-60-64(86-44-40-82-36-32-72(31-35-81-39-43-85-63)46-52-15-7-2-8-16-52)28-24-54-22-26-62(84-42-38-80-34-30-71(29-33-79-37-41-83-61)45-51-13-5-1-6-14-51)58(66(54)60)48-74(67)70(76,56-19-11-4-12-20-56)69(73,75)55-17-9-3-10-18-55/h1-28H,29-50H2. The molecule has 6 aliphatic heterocycles. The van der Waals surface area contributed by atoms with Crippen molar-refractivity contribution in [3.63, 3.8) is 0 Å². The summed E-state index contributed by atoms with van der Waals surface area (Å²) in [7, 11) is 0. The lowest BCUT2D eigenvalue weighted by Crippen LogP contribution is -2.63. The van der Waals surface area contributed by atoms with Crippen LogP contribution in [0.1, 0.15) is 44.5 Å². The summed E-state index contributed by atoms with van der Waals surface area (Å²) in [5.74, 6) is 2.45. The molecule has 0 unspecified atom stereocenters. The van der Waals surface area contributed by atoms with E-state index < -0.39 is 11.3 Å². The quantitative estimate of drug-likeness (QED) is 0.157. The number of amides is 4. The van der Waals surface area contributed by atoms with E-state index in [2.05, 4.69) is 107 Å². The van der Waals surface area contributed by atoms with E-state index in [0.717, 1.165) is 68.0 Å². The van der Waals surface area contributed by atoms with Crippen molar-refractivity contribution in [2.24, 2.45) is 0 Å². The smallest absolute Gasteiger partial charge is 0.325 e. The highest BCUT2D eigenvalue weighted by Gasteiger charge is 2.80. The maximum Gasteiger partial charge on any atom is 0.325 e. The molecule has 8 aromatic carbocycles. The van der Waals surface area contributed by atoms with Crippen LogP contribution in [0.25, 0.3) is 21.5 Å². The lowest BCUT2D eigenvalue weighted by molar-refractivity contribution is -0.0867. The number of benzene rings is 8. The number of carbonyl (C=O) groups excluding carboxylic acids is 2. The van der Waals surface area contributed by atoms with Gasteiger partial charge in [0, 0.05) is 72.6 Å².